The van der Waals surface area contributed by atoms with Crippen molar-refractivity contribution in [3.8, 4) is 0 Å². The highest BCUT2D eigenvalue weighted by molar-refractivity contribution is 7.09. The van der Waals surface area contributed by atoms with E-state index in [0.29, 0.717) is 12.8 Å². The molecule has 1 aromatic heterocycles. The normalized spacial score (nSPS) is 20.0. The van der Waals surface area contributed by atoms with Crippen molar-refractivity contribution in [3.63, 3.8) is 0 Å². The molecule has 5 atom stereocenters. The van der Waals surface area contributed by atoms with Crippen LogP contribution in [0, 0.1) is 24.2 Å². The van der Waals surface area contributed by atoms with Crippen molar-refractivity contribution in [1.29, 1.82) is 0 Å². The zero-order valence-electron chi connectivity index (χ0n) is 29.1. The molecule has 0 amide bonds. The number of aromatic nitrogens is 1. The van der Waals surface area contributed by atoms with Crippen LogP contribution in [0.1, 0.15) is 118 Å². The second kappa shape index (κ2) is 15.0. The third-order valence-corrected chi connectivity index (χ3v) is 15.3. The van der Waals surface area contributed by atoms with Crippen molar-refractivity contribution < 1.29 is 24.5 Å². The maximum Gasteiger partial charge on any atom is 0.192 e. The van der Waals surface area contributed by atoms with Gasteiger partial charge in [-0.2, -0.15) is 0 Å². The van der Waals surface area contributed by atoms with Gasteiger partial charge in [-0.15, -0.1) is 11.3 Å². The molecule has 0 spiro atoms. The predicted molar refractivity (Wildman–Crippen MR) is 183 cm³/mol. The zero-order chi connectivity index (χ0) is 33.0. The molecule has 1 fully saturated rings. The number of ketones is 1. The lowest BCUT2D eigenvalue weighted by atomic mass is 9.72. The van der Waals surface area contributed by atoms with E-state index in [2.05, 4.69) is 70.2 Å². The summed E-state index contributed by atoms with van der Waals surface area (Å²) in [5, 5.41) is 35.3. The fourth-order valence-corrected chi connectivity index (χ4v) is 7.20. The first-order chi connectivity index (χ1) is 19.6. The Morgan fingerprint density at radius 3 is 2.28 bits per heavy atom. The van der Waals surface area contributed by atoms with Gasteiger partial charge in [-0.05, 0) is 95.0 Å². The van der Waals surface area contributed by atoms with Crippen LogP contribution in [0.4, 0.5) is 0 Å². The molecule has 1 aromatic rings. The summed E-state index contributed by atoms with van der Waals surface area (Å²) in [5.74, 6) is -0.785. The van der Waals surface area contributed by atoms with Gasteiger partial charge in [0.2, 0.25) is 0 Å². The van der Waals surface area contributed by atoms with Gasteiger partial charge in [0, 0.05) is 23.1 Å². The van der Waals surface area contributed by atoms with E-state index in [1.165, 1.54) is 11.1 Å². The lowest BCUT2D eigenvalue weighted by molar-refractivity contribution is -0.143. The van der Waals surface area contributed by atoms with E-state index < -0.39 is 37.5 Å². The number of hydrogen-bond donors (Lipinski definition) is 3. The SMILES string of the molecule is C/C(=C/C[C@H](O[Si](C)(C)C(C)(C)C)/C(C)=C/c1csc(C)n1)CCC[C@H](C)[C@H](O)[C@@H](C)C(=O)C(C)(C)[C@@H](O)CC1(O)CC1. The van der Waals surface area contributed by atoms with Gasteiger partial charge in [-0.25, -0.2) is 4.98 Å². The van der Waals surface area contributed by atoms with E-state index in [4.69, 9.17) is 4.43 Å². The molecule has 1 saturated carbocycles. The number of nitrogens with zero attached hydrogens (tertiary/aromatic N) is 1. The van der Waals surface area contributed by atoms with Gasteiger partial charge in [0.1, 0.15) is 5.78 Å². The lowest BCUT2D eigenvalue weighted by Crippen LogP contribution is -2.46. The first kappa shape index (κ1) is 38.0. The molecule has 0 bridgehead atoms. The van der Waals surface area contributed by atoms with Crippen LogP contribution in [0.2, 0.25) is 18.1 Å². The van der Waals surface area contributed by atoms with Crippen LogP contribution in [0.5, 0.6) is 0 Å². The summed E-state index contributed by atoms with van der Waals surface area (Å²) in [6.07, 6.45) is 7.73. The molecule has 0 unspecified atom stereocenters. The molecule has 6 nitrogen and oxygen atoms in total. The summed E-state index contributed by atoms with van der Waals surface area (Å²) in [6, 6.07) is 0. The Kier molecular flexibility index (Phi) is 13.2. The third-order valence-electron chi connectivity index (χ3n) is 10.1. The molecule has 2 rings (SSSR count). The summed E-state index contributed by atoms with van der Waals surface area (Å²) >= 11 is 1.66. The number of Topliss-reactive ketones (excluding diaryl/α,β-unsaturated/α-hetero) is 1. The average Bonchev–Trinajstić information content (AvgIpc) is 3.48. The number of allylic oxidation sites excluding steroid dienone is 1. The molecule has 8 heteroatoms. The van der Waals surface area contributed by atoms with E-state index in [1.54, 1.807) is 32.1 Å². The number of carbonyl (C=O) groups excluding carboxylic acids is 1. The molecule has 1 heterocycles. The van der Waals surface area contributed by atoms with E-state index >= 15 is 0 Å². The smallest absolute Gasteiger partial charge is 0.192 e. The van der Waals surface area contributed by atoms with Crippen LogP contribution in [-0.2, 0) is 9.22 Å². The van der Waals surface area contributed by atoms with Crippen LogP contribution in [0.3, 0.4) is 0 Å². The van der Waals surface area contributed by atoms with Crippen molar-refractivity contribution in [1.82, 2.24) is 4.98 Å². The number of carbonyl (C=O) groups is 1. The molecule has 0 radical (unpaired) electrons. The monoisotopic (exact) mass is 635 g/mol. The number of aliphatic hydroxyl groups is 3. The number of aliphatic hydroxyl groups excluding tert-OH is 2. The topological polar surface area (TPSA) is 99.9 Å². The second-order valence-electron chi connectivity index (χ2n) is 15.5. The predicted octanol–water partition coefficient (Wildman–Crippen LogP) is 8.26. The number of rotatable bonds is 17. The van der Waals surface area contributed by atoms with Crippen molar-refractivity contribution >= 4 is 31.5 Å². The lowest BCUT2D eigenvalue weighted by Gasteiger charge is -2.39. The summed E-state index contributed by atoms with van der Waals surface area (Å²) in [6.45, 7) is 25.0. The summed E-state index contributed by atoms with van der Waals surface area (Å²) in [7, 11) is -1.99. The maximum absolute atomic E-state index is 13.3. The Balaban J connectivity index is 1.98. The molecule has 0 aromatic carbocycles. The first-order valence-corrected chi connectivity index (χ1v) is 19.9. The third kappa shape index (κ3) is 11.0. The summed E-state index contributed by atoms with van der Waals surface area (Å²) in [5.41, 5.74) is 1.63. The molecule has 3 N–H and O–H groups in total. The van der Waals surface area contributed by atoms with Crippen molar-refractivity contribution in [2.45, 2.75) is 156 Å². The number of thiazole rings is 1. The largest absolute Gasteiger partial charge is 0.410 e. The highest BCUT2D eigenvalue weighted by Crippen LogP contribution is 2.43. The Morgan fingerprint density at radius 2 is 1.77 bits per heavy atom. The van der Waals surface area contributed by atoms with Crippen LogP contribution >= 0.6 is 11.3 Å². The Morgan fingerprint density at radius 1 is 1.16 bits per heavy atom. The number of hydrogen-bond acceptors (Lipinski definition) is 7. The molecule has 43 heavy (non-hydrogen) atoms. The van der Waals surface area contributed by atoms with Gasteiger partial charge >= 0.3 is 0 Å². The fraction of sp³-hybridized carbons (Fsp3) is 0.771. The van der Waals surface area contributed by atoms with Gasteiger partial charge in [-0.3, -0.25) is 4.79 Å². The summed E-state index contributed by atoms with van der Waals surface area (Å²) in [4.78, 5) is 17.9. The Labute approximate surface area is 267 Å². The van der Waals surface area contributed by atoms with Gasteiger partial charge < -0.3 is 19.7 Å². The first-order valence-electron chi connectivity index (χ1n) is 16.2. The van der Waals surface area contributed by atoms with Crippen LogP contribution in [0.25, 0.3) is 6.08 Å². The molecular weight excluding hydrogens is 575 g/mol. The molecule has 246 valence electrons. The van der Waals surface area contributed by atoms with Crippen LogP contribution in [0.15, 0.2) is 22.6 Å². The van der Waals surface area contributed by atoms with Gasteiger partial charge in [0.25, 0.3) is 0 Å². The minimum Gasteiger partial charge on any atom is -0.410 e. The second-order valence-corrected chi connectivity index (χ2v) is 21.3. The quantitative estimate of drug-likeness (QED) is 0.118. The number of aryl methyl sites for hydroxylation is 1. The van der Waals surface area contributed by atoms with Gasteiger partial charge in [-0.1, -0.05) is 60.1 Å². The van der Waals surface area contributed by atoms with E-state index in [9.17, 15) is 20.1 Å². The average molecular weight is 636 g/mol. The molecule has 1 aliphatic carbocycles. The standard InChI is InChI=1S/C35H61NO5SSi/c1-23(16-17-29(41-43(11,12)33(6,7)8)25(3)20-28-22-42-27(5)36-28)14-13-15-24(2)31(38)26(4)32(39)34(9,10)30(37)21-35(40)18-19-35/h16,20,22,24,26,29-31,37-38,40H,13-15,17-19,21H2,1-12H3/b23-16-,25-20+/t24-,26+,29-,30-,31-/m0/s1. The highest BCUT2D eigenvalue weighted by Gasteiger charge is 2.48. The van der Waals surface area contributed by atoms with Crippen molar-refractivity contribution in [2.24, 2.45) is 17.3 Å². The van der Waals surface area contributed by atoms with E-state index in [-0.39, 0.29) is 29.3 Å². The minimum absolute atomic E-state index is 0.00946. The molecular formula is C35H61NO5SSi. The van der Waals surface area contributed by atoms with Crippen LogP contribution in [-0.4, -0.2) is 58.3 Å². The van der Waals surface area contributed by atoms with Gasteiger partial charge in [0.15, 0.2) is 8.32 Å². The molecule has 0 saturated heterocycles. The summed E-state index contributed by atoms with van der Waals surface area (Å²) < 4.78 is 6.90. The van der Waals surface area contributed by atoms with E-state index in [1.807, 2.05) is 13.8 Å². The minimum atomic E-state index is -1.99. The van der Waals surface area contributed by atoms with E-state index in [0.717, 1.165) is 36.4 Å². The molecule has 0 aliphatic heterocycles. The zero-order valence-corrected chi connectivity index (χ0v) is 30.9. The maximum atomic E-state index is 13.3. The van der Waals surface area contributed by atoms with Crippen molar-refractivity contribution in [2.75, 3.05) is 0 Å². The fourth-order valence-electron chi connectivity index (χ4n) is 5.28. The van der Waals surface area contributed by atoms with Crippen molar-refractivity contribution in [3.05, 3.63) is 33.3 Å². The van der Waals surface area contributed by atoms with Crippen LogP contribution < -0.4 is 0 Å². The highest BCUT2D eigenvalue weighted by atomic mass is 32.1. The van der Waals surface area contributed by atoms with Gasteiger partial charge in [0.05, 0.1) is 34.6 Å². The Hall–Kier alpha value is -1.16. The molecule has 1 aliphatic rings. The Bertz CT molecular complexity index is 1130.